The van der Waals surface area contributed by atoms with Gasteiger partial charge in [0, 0.05) is 29.5 Å². The third kappa shape index (κ3) is 4.55. The van der Waals surface area contributed by atoms with Crippen molar-refractivity contribution in [3.8, 4) is 0 Å². The minimum atomic E-state index is -0.0577. The van der Waals surface area contributed by atoms with Gasteiger partial charge in [0.15, 0.2) is 0 Å². The summed E-state index contributed by atoms with van der Waals surface area (Å²) in [4.78, 5) is 14.0. The number of rotatable bonds is 5. The number of carbonyl (C=O) groups is 1. The van der Waals surface area contributed by atoms with Crippen LogP contribution in [0.1, 0.15) is 29.3 Å². The van der Waals surface area contributed by atoms with Gasteiger partial charge in [-0.1, -0.05) is 21.1 Å². The van der Waals surface area contributed by atoms with Crippen molar-refractivity contribution >= 4 is 27.7 Å². The van der Waals surface area contributed by atoms with Crippen molar-refractivity contribution in [2.75, 3.05) is 13.1 Å². The van der Waals surface area contributed by atoms with Gasteiger partial charge in [0.2, 0.25) is 0 Å². The molecule has 0 fully saturated rings. The van der Waals surface area contributed by atoms with Crippen molar-refractivity contribution in [3.63, 3.8) is 0 Å². The molecule has 5 nitrogen and oxygen atoms in total. The third-order valence-corrected chi connectivity index (χ3v) is 3.18. The third-order valence-electron chi connectivity index (χ3n) is 2.72. The molecule has 0 saturated heterocycles. The molecule has 0 aliphatic carbocycles. The minimum Gasteiger partial charge on any atom is -0.409 e. The van der Waals surface area contributed by atoms with Crippen molar-refractivity contribution in [1.29, 1.82) is 0 Å². The molecule has 1 aromatic rings. The number of hydrogen-bond acceptors (Lipinski definition) is 3. The number of amidine groups is 1. The average Bonchev–Trinajstić information content (AvgIpc) is 2.37. The van der Waals surface area contributed by atoms with Crippen molar-refractivity contribution < 1.29 is 10.0 Å². The van der Waals surface area contributed by atoms with E-state index >= 15 is 0 Å². The molecule has 3 N–H and O–H groups in total. The topological polar surface area (TPSA) is 78.9 Å². The number of amides is 1. The molecule has 0 aliphatic heterocycles. The fourth-order valence-electron chi connectivity index (χ4n) is 1.75. The number of benzene rings is 1. The van der Waals surface area contributed by atoms with Gasteiger partial charge in [-0.3, -0.25) is 4.79 Å². The normalized spacial score (nSPS) is 11.4. The van der Waals surface area contributed by atoms with Gasteiger partial charge in [-0.25, -0.2) is 0 Å². The van der Waals surface area contributed by atoms with Crippen LogP contribution in [-0.2, 0) is 0 Å². The molecule has 0 heterocycles. The predicted molar refractivity (Wildman–Crippen MR) is 78.5 cm³/mol. The summed E-state index contributed by atoms with van der Waals surface area (Å²) in [7, 11) is 0. The van der Waals surface area contributed by atoms with E-state index in [0.717, 1.165) is 10.0 Å². The monoisotopic (exact) mass is 327 g/mol. The van der Waals surface area contributed by atoms with Crippen molar-refractivity contribution in [1.82, 2.24) is 4.90 Å². The molecule has 0 aromatic heterocycles. The Bertz CT molecular complexity index is 469. The maximum absolute atomic E-state index is 12.3. The molecule has 0 bridgehead atoms. The zero-order valence-corrected chi connectivity index (χ0v) is 12.6. The van der Waals surface area contributed by atoms with Gasteiger partial charge in [0.25, 0.3) is 5.91 Å². The first kappa shape index (κ1) is 15.5. The highest BCUT2D eigenvalue weighted by molar-refractivity contribution is 9.10. The van der Waals surface area contributed by atoms with E-state index < -0.39 is 0 Å². The molecule has 0 unspecified atom stereocenters. The van der Waals surface area contributed by atoms with Crippen LogP contribution in [0.2, 0.25) is 0 Å². The van der Waals surface area contributed by atoms with Crippen LogP contribution in [0.25, 0.3) is 0 Å². The highest BCUT2D eigenvalue weighted by Gasteiger charge is 2.15. The van der Waals surface area contributed by atoms with Gasteiger partial charge in [-0.2, -0.15) is 0 Å². The summed E-state index contributed by atoms with van der Waals surface area (Å²) in [5.41, 5.74) is 7.07. The summed E-state index contributed by atoms with van der Waals surface area (Å²) in [5, 5.41) is 11.4. The lowest BCUT2D eigenvalue weighted by molar-refractivity contribution is 0.0768. The molecule has 6 heteroatoms. The molecular weight excluding hydrogens is 310 g/mol. The SMILES string of the molecule is CCN(CC/C(N)=N/O)C(=O)c1cc(C)cc(Br)c1. The largest absolute Gasteiger partial charge is 0.409 e. The Morgan fingerprint density at radius 3 is 2.68 bits per heavy atom. The standard InChI is InChI=1S/C13H18BrN3O2/c1-3-17(5-4-12(15)16-19)13(18)10-6-9(2)7-11(14)8-10/h6-8,19H,3-5H2,1-2H3,(H2,15,16). The van der Waals surface area contributed by atoms with E-state index in [-0.39, 0.29) is 11.7 Å². The Morgan fingerprint density at radius 2 is 2.16 bits per heavy atom. The molecule has 1 rings (SSSR count). The van der Waals surface area contributed by atoms with Crippen LogP contribution in [-0.4, -0.2) is 34.9 Å². The molecule has 0 atom stereocenters. The maximum Gasteiger partial charge on any atom is 0.253 e. The summed E-state index contributed by atoms with van der Waals surface area (Å²) >= 11 is 3.38. The molecule has 1 amide bonds. The highest BCUT2D eigenvalue weighted by Crippen LogP contribution is 2.17. The summed E-state index contributed by atoms with van der Waals surface area (Å²) in [6, 6.07) is 5.59. The Labute approximate surface area is 121 Å². The summed E-state index contributed by atoms with van der Waals surface area (Å²) in [6.07, 6.45) is 0.350. The van der Waals surface area contributed by atoms with Crippen LogP contribution in [0, 0.1) is 6.92 Å². The lowest BCUT2D eigenvalue weighted by Gasteiger charge is -2.21. The van der Waals surface area contributed by atoms with Gasteiger partial charge in [0.1, 0.15) is 5.84 Å². The van der Waals surface area contributed by atoms with Crippen LogP contribution in [0.15, 0.2) is 27.8 Å². The Balaban J connectivity index is 2.83. The van der Waals surface area contributed by atoms with Crippen LogP contribution in [0.4, 0.5) is 0 Å². The molecule has 19 heavy (non-hydrogen) atoms. The van der Waals surface area contributed by atoms with E-state index in [2.05, 4.69) is 21.1 Å². The Hall–Kier alpha value is -1.56. The van der Waals surface area contributed by atoms with Crippen molar-refractivity contribution in [2.45, 2.75) is 20.3 Å². The second kappa shape index (κ2) is 7.13. The van der Waals surface area contributed by atoms with Gasteiger partial charge in [-0.05, 0) is 37.6 Å². The molecule has 0 saturated carbocycles. The summed E-state index contributed by atoms with van der Waals surface area (Å²) < 4.78 is 0.878. The zero-order chi connectivity index (χ0) is 14.4. The first-order chi connectivity index (χ1) is 8.97. The van der Waals surface area contributed by atoms with Crippen molar-refractivity contribution in [3.05, 3.63) is 33.8 Å². The number of carbonyl (C=O) groups excluding carboxylic acids is 1. The summed E-state index contributed by atoms with van der Waals surface area (Å²) in [6.45, 7) is 4.84. The second-order valence-corrected chi connectivity index (χ2v) is 5.16. The van der Waals surface area contributed by atoms with E-state index in [1.165, 1.54) is 0 Å². The number of halogens is 1. The maximum atomic E-state index is 12.3. The van der Waals surface area contributed by atoms with E-state index in [0.29, 0.717) is 25.1 Å². The lowest BCUT2D eigenvalue weighted by Crippen LogP contribution is -2.34. The average molecular weight is 328 g/mol. The predicted octanol–water partition coefficient (Wildman–Crippen LogP) is 2.36. The van der Waals surface area contributed by atoms with Crippen molar-refractivity contribution in [2.24, 2.45) is 10.9 Å². The number of nitrogens with two attached hydrogens (primary N) is 1. The first-order valence-electron chi connectivity index (χ1n) is 6.00. The second-order valence-electron chi connectivity index (χ2n) is 4.24. The number of oxime groups is 1. The molecule has 104 valence electrons. The smallest absolute Gasteiger partial charge is 0.253 e. The van der Waals surface area contributed by atoms with Crippen LogP contribution >= 0.6 is 15.9 Å². The molecule has 0 spiro atoms. The molecule has 0 radical (unpaired) electrons. The van der Waals surface area contributed by atoms with E-state index in [1.54, 1.807) is 11.0 Å². The highest BCUT2D eigenvalue weighted by atomic mass is 79.9. The Kier molecular flexibility index (Phi) is 5.82. The van der Waals surface area contributed by atoms with E-state index in [1.807, 2.05) is 26.0 Å². The van der Waals surface area contributed by atoms with Crippen LogP contribution in [0.5, 0.6) is 0 Å². The number of hydrogen-bond donors (Lipinski definition) is 2. The quantitative estimate of drug-likeness (QED) is 0.377. The fourth-order valence-corrected chi connectivity index (χ4v) is 2.35. The lowest BCUT2D eigenvalue weighted by atomic mass is 10.1. The first-order valence-corrected chi connectivity index (χ1v) is 6.80. The van der Waals surface area contributed by atoms with Gasteiger partial charge in [-0.15, -0.1) is 0 Å². The number of nitrogens with zero attached hydrogens (tertiary/aromatic N) is 2. The number of aryl methyl sites for hydroxylation is 1. The molecule has 0 aliphatic rings. The summed E-state index contributed by atoms with van der Waals surface area (Å²) in [5.74, 6) is 0.0642. The zero-order valence-electron chi connectivity index (χ0n) is 11.1. The molecular formula is C13H18BrN3O2. The molecule has 1 aromatic carbocycles. The van der Waals surface area contributed by atoms with Gasteiger partial charge in [0.05, 0.1) is 0 Å². The van der Waals surface area contributed by atoms with Gasteiger partial charge >= 0.3 is 0 Å². The van der Waals surface area contributed by atoms with Gasteiger partial charge < -0.3 is 15.8 Å². The van der Waals surface area contributed by atoms with Crippen LogP contribution in [0.3, 0.4) is 0 Å². The fraction of sp³-hybridized carbons (Fsp3) is 0.385. The van der Waals surface area contributed by atoms with E-state index in [4.69, 9.17) is 10.9 Å². The minimum absolute atomic E-state index is 0.0577. The van der Waals surface area contributed by atoms with E-state index in [9.17, 15) is 4.79 Å². The van der Waals surface area contributed by atoms with Crippen LogP contribution < -0.4 is 5.73 Å². The Morgan fingerprint density at radius 1 is 1.47 bits per heavy atom.